The molecular formula is C11H18N2O2. The number of rotatable bonds is 6. The zero-order valence-corrected chi connectivity index (χ0v) is 9.25. The van der Waals surface area contributed by atoms with Gasteiger partial charge in [0, 0.05) is 12.6 Å². The molecule has 0 atom stereocenters. The zero-order chi connectivity index (χ0) is 11.1. The van der Waals surface area contributed by atoms with Crippen molar-refractivity contribution in [2.45, 2.75) is 6.92 Å². The van der Waals surface area contributed by atoms with Crippen molar-refractivity contribution in [3.63, 3.8) is 0 Å². The van der Waals surface area contributed by atoms with Gasteiger partial charge in [0.1, 0.15) is 24.8 Å². The van der Waals surface area contributed by atoms with Crippen LogP contribution in [0.3, 0.4) is 0 Å². The molecule has 1 aromatic rings. The maximum absolute atomic E-state index is 5.43. The molecule has 0 amide bonds. The van der Waals surface area contributed by atoms with Crippen molar-refractivity contribution in [3.05, 3.63) is 23.8 Å². The van der Waals surface area contributed by atoms with Crippen LogP contribution in [-0.4, -0.2) is 26.9 Å². The van der Waals surface area contributed by atoms with Gasteiger partial charge in [0.15, 0.2) is 0 Å². The predicted octanol–water partition coefficient (Wildman–Crippen LogP) is 0.888. The maximum atomic E-state index is 5.43. The Morgan fingerprint density at radius 3 is 2.47 bits per heavy atom. The lowest BCUT2D eigenvalue weighted by atomic mass is 10.2. The summed E-state index contributed by atoms with van der Waals surface area (Å²) in [4.78, 5) is 0. The summed E-state index contributed by atoms with van der Waals surface area (Å²) in [5, 5.41) is 2.92. The Morgan fingerprint density at radius 1 is 1.20 bits per heavy atom. The number of nitrogens with one attached hydrogen (secondary N) is 1. The van der Waals surface area contributed by atoms with Crippen LogP contribution in [0.2, 0.25) is 0 Å². The molecular weight excluding hydrogens is 192 g/mol. The highest BCUT2D eigenvalue weighted by molar-refractivity contribution is 5.37. The second-order valence-electron chi connectivity index (χ2n) is 3.26. The van der Waals surface area contributed by atoms with Gasteiger partial charge >= 0.3 is 0 Å². The molecule has 1 aromatic carbocycles. The average molecular weight is 210 g/mol. The third kappa shape index (κ3) is 4.18. The van der Waals surface area contributed by atoms with E-state index < -0.39 is 0 Å². The molecule has 0 heterocycles. The number of hydrogen-bond acceptors (Lipinski definition) is 4. The summed E-state index contributed by atoms with van der Waals surface area (Å²) in [6, 6.07) is 5.79. The topological polar surface area (TPSA) is 56.5 Å². The highest BCUT2D eigenvalue weighted by Gasteiger charge is 2.00. The monoisotopic (exact) mass is 210 g/mol. The molecule has 15 heavy (non-hydrogen) atoms. The molecule has 0 aliphatic heterocycles. The first-order chi connectivity index (χ1) is 7.26. The number of benzene rings is 1. The van der Waals surface area contributed by atoms with Gasteiger partial charge in [0.05, 0.1) is 0 Å². The quantitative estimate of drug-likeness (QED) is 0.685. The second kappa shape index (κ2) is 6.27. The zero-order valence-electron chi connectivity index (χ0n) is 9.25. The third-order valence-electron chi connectivity index (χ3n) is 1.79. The molecule has 0 unspecified atom stereocenters. The summed E-state index contributed by atoms with van der Waals surface area (Å²) in [5.41, 5.74) is 6.47. The Balaban J connectivity index is 2.66. The van der Waals surface area contributed by atoms with Crippen molar-refractivity contribution < 1.29 is 9.47 Å². The van der Waals surface area contributed by atoms with E-state index in [0.29, 0.717) is 19.9 Å². The first-order valence-corrected chi connectivity index (χ1v) is 4.98. The molecule has 3 N–H and O–H groups in total. The molecule has 0 aliphatic rings. The van der Waals surface area contributed by atoms with Crippen LogP contribution in [0.5, 0.6) is 11.5 Å². The van der Waals surface area contributed by atoms with Crippen LogP contribution in [0, 0.1) is 6.92 Å². The minimum absolute atomic E-state index is 0.486. The highest BCUT2D eigenvalue weighted by Crippen LogP contribution is 2.22. The maximum Gasteiger partial charge on any atom is 0.139 e. The number of hydrogen-bond donors (Lipinski definition) is 2. The summed E-state index contributed by atoms with van der Waals surface area (Å²) in [5.74, 6) is 1.60. The third-order valence-corrected chi connectivity index (χ3v) is 1.79. The van der Waals surface area contributed by atoms with E-state index in [1.165, 1.54) is 0 Å². The molecule has 0 saturated carbocycles. The van der Waals surface area contributed by atoms with Gasteiger partial charge in [-0.05, 0) is 31.7 Å². The van der Waals surface area contributed by atoms with Crippen LogP contribution in [0.25, 0.3) is 0 Å². The van der Waals surface area contributed by atoms with Crippen LogP contribution in [0.15, 0.2) is 18.2 Å². The van der Waals surface area contributed by atoms with E-state index in [0.717, 1.165) is 17.1 Å². The minimum atomic E-state index is 0.486. The second-order valence-corrected chi connectivity index (χ2v) is 3.26. The first-order valence-electron chi connectivity index (χ1n) is 4.98. The van der Waals surface area contributed by atoms with E-state index >= 15 is 0 Å². The summed E-state index contributed by atoms with van der Waals surface area (Å²) >= 11 is 0. The molecule has 4 heteroatoms. The summed E-state index contributed by atoms with van der Waals surface area (Å²) in [7, 11) is 1.83. The normalized spacial score (nSPS) is 10.1. The van der Waals surface area contributed by atoms with Crippen LogP contribution in [0.1, 0.15) is 5.56 Å². The average Bonchev–Trinajstić information content (AvgIpc) is 2.23. The molecule has 0 radical (unpaired) electrons. The fourth-order valence-corrected chi connectivity index (χ4v) is 1.21. The SMILES string of the molecule is CNCOc1cc(C)cc(OCCN)c1. The van der Waals surface area contributed by atoms with Gasteiger partial charge < -0.3 is 15.2 Å². The molecule has 0 bridgehead atoms. The van der Waals surface area contributed by atoms with Crippen molar-refractivity contribution in [1.29, 1.82) is 0 Å². The van der Waals surface area contributed by atoms with Crippen LogP contribution < -0.4 is 20.5 Å². The Kier molecular flexibility index (Phi) is 4.93. The fraction of sp³-hybridized carbons (Fsp3) is 0.455. The van der Waals surface area contributed by atoms with Crippen LogP contribution in [0.4, 0.5) is 0 Å². The van der Waals surface area contributed by atoms with E-state index in [2.05, 4.69) is 5.32 Å². The van der Waals surface area contributed by atoms with Gasteiger partial charge in [0.2, 0.25) is 0 Å². The molecule has 0 aromatic heterocycles. The Bertz CT molecular complexity index is 276. The molecule has 4 nitrogen and oxygen atoms in total. The van der Waals surface area contributed by atoms with Crippen molar-refractivity contribution >= 4 is 0 Å². The smallest absolute Gasteiger partial charge is 0.139 e. The van der Waals surface area contributed by atoms with Gasteiger partial charge in [-0.15, -0.1) is 0 Å². The highest BCUT2D eigenvalue weighted by atomic mass is 16.5. The summed E-state index contributed by atoms with van der Waals surface area (Å²) in [6.45, 7) is 3.52. The van der Waals surface area contributed by atoms with Gasteiger partial charge in [-0.2, -0.15) is 0 Å². The van der Waals surface area contributed by atoms with Gasteiger partial charge in [0.25, 0.3) is 0 Å². The molecule has 0 saturated heterocycles. The lowest BCUT2D eigenvalue weighted by molar-refractivity contribution is 0.289. The minimum Gasteiger partial charge on any atom is -0.492 e. The Labute approximate surface area is 90.4 Å². The molecule has 0 spiro atoms. The van der Waals surface area contributed by atoms with Gasteiger partial charge in [-0.1, -0.05) is 0 Å². The standard InChI is InChI=1S/C11H18N2O2/c1-9-5-10(14-4-3-12)7-11(6-9)15-8-13-2/h5-7,13H,3-4,8,12H2,1-2H3. The van der Waals surface area contributed by atoms with Crippen LogP contribution in [-0.2, 0) is 0 Å². The number of aryl methyl sites for hydroxylation is 1. The van der Waals surface area contributed by atoms with Gasteiger partial charge in [-0.25, -0.2) is 0 Å². The van der Waals surface area contributed by atoms with E-state index in [1.54, 1.807) is 0 Å². The van der Waals surface area contributed by atoms with E-state index in [4.69, 9.17) is 15.2 Å². The van der Waals surface area contributed by atoms with Crippen molar-refractivity contribution in [2.75, 3.05) is 26.9 Å². The number of ether oxygens (including phenoxy) is 2. The lowest BCUT2D eigenvalue weighted by Gasteiger charge is -2.10. The summed E-state index contributed by atoms with van der Waals surface area (Å²) < 4.78 is 10.9. The van der Waals surface area contributed by atoms with Crippen molar-refractivity contribution in [3.8, 4) is 11.5 Å². The summed E-state index contributed by atoms with van der Waals surface area (Å²) in [6.07, 6.45) is 0. The first kappa shape index (κ1) is 11.8. The Morgan fingerprint density at radius 2 is 1.87 bits per heavy atom. The molecule has 0 fully saturated rings. The molecule has 84 valence electrons. The van der Waals surface area contributed by atoms with E-state index in [1.807, 2.05) is 32.2 Å². The Hall–Kier alpha value is -1.26. The molecule has 0 aliphatic carbocycles. The number of nitrogens with two attached hydrogens (primary N) is 1. The van der Waals surface area contributed by atoms with E-state index in [9.17, 15) is 0 Å². The lowest BCUT2D eigenvalue weighted by Crippen LogP contribution is -2.14. The fourth-order valence-electron chi connectivity index (χ4n) is 1.21. The van der Waals surface area contributed by atoms with Crippen molar-refractivity contribution in [2.24, 2.45) is 5.73 Å². The van der Waals surface area contributed by atoms with Crippen molar-refractivity contribution in [1.82, 2.24) is 5.32 Å². The van der Waals surface area contributed by atoms with E-state index in [-0.39, 0.29) is 0 Å². The predicted molar refractivity (Wildman–Crippen MR) is 60.3 cm³/mol. The largest absolute Gasteiger partial charge is 0.492 e. The van der Waals surface area contributed by atoms with Crippen LogP contribution >= 0.6 is 0 Å². The van der Waals surface area contributed by atoms with Gasteiger partial charge in [-0.3, -0.25) is 5.32 Å². The molecule has 1 rings (SSSR count).